The topological polar surface area (TPSA) is 258 Å². The van der Waals surface area contributed by atoms with Gasteiger partial charge in [0.25, 0.3) is 5.91 Å². The zero-order valence-electron chi connectivity index (χ0n) is 21.9. The van der Waals surface area contributed by atoms with Gasteiger partial charge in [-0.3, -0.25) is 18.3 Å². The maximum atomic E-state index is 12.0. The molecule has 5 atom stereocenters. The van der Waals surface area contributed by atoms with Gasteiger partial charge in [0, 0.05) is 6.42 Å². The molecular weight excluding hydrogens is 540 g/mol. The second kappa shape index (κ2) is 14.4. The van der Waals surface area contributed by atoms with Crippen LogP contribution >= 0.6 is 0 Å². The number of nitrogens with two attached hydrogens (primary N) is 2. The highest BCUT2D eigenvalue weighted by atomic mass is 32.2. The number of fused-ring (bicyclic) bond motifs is 1. The van der Waals surface area contributed by atoms with Crippen LogP contribution in [0.15, 0.2) is 12.7 Å². The van der Waals surface area contributed by atoms with Gasteiger partial charge in [0.1, 0.15) is 30.2 Å². The molecule has 2 aromatic rings. The zero-order chi connectivity index (χ0) is 29.3. The molecule has 1 amide bonds. The molecule has 0 spiro atoms. The van der Waals surface area contributed by atoms with E-state index in [1.807, 2.05) is 0 Å². The van der Waals surface area contributed by atoms with Crippen LogP contribution in [0.2, 0.25) is 0 Å². The molecule has 3 heterocycles. The summed E-state index contributed by atoms with van der Waals surface area (Å²) < 4.78 is 37.0. The molecular formula is C21H36N8O9S. The summed E-state index contributed by atoms with van der Waals surface area (Å²) in [6, 6.07) is -1.40. The number of amides is 1. The van der Waals surface area contributed by atoms with Gasteiger partial charge in [-0.05, 0) is 26.1 Å². The number of aliphatic hydroxyl groups is 2. The molecule has 39 heavy (non-hydrogen) atoms. The van der Waals surface area contributed by atoms with E-state index in [4.69, 9.17) is 21.3 Å². The van der Waals surface area contributed by atoms with Gasteiger partial charge in [0.05, 0.1) is 19.0 Å². The number of imidazole rings is 1. The first-order valence-electron chi connectivity index (χ1n) is 12.2. The molecule has 0 aromatic carbocycles. The number of rotatable bonds is 12. The van der Waals surface area contributed by atoms with Gasteiger partial charge >= 0.3 is 16.3 Å². The molecule has 3 rings (SSSR count). The third-order valence-electron chi connectivity index (χ3n) is 5.96. The molecule has 8 N–H and O–H groups in total. The molecule has 1 fully saturated rings. The van der Waals surface area contributed by atoms with Crippen molar-refractivity contribution in [2.75, 3.05) is 32.0 Å². The number of carboxylic acids is 1. The van der Waals surface area contributed by atoms with Crippen molar-refractivity contribution in [1.82, 2.24) is 29.1 Å². The number of anilines is 1. The lowest BCUT2D eigenvalue weighted by atomic mass is 10.1. The van der Waals surface area contributed by atoms with Crippen molar-refractivity contribution >= 4 is 39.2 Å². The molecule has 1 aliphatic rings. The summed E-state index contributed by atoms with van der Waals surface area (Å²) in [5.41, 5.74) is 11.6. The van der Waals surface area contributed by atoms with Gasteiger partial charge in [-0.25, -0.2) is 19.7 Å². The number of aliphatic carboxylic acids is 1. The summed E-state index contributed by atoms with van der Waals surface area (Å²) in [5.74, 6) is -2.28. The fourth-order valence-electron chi connectivity index (χ4n) is 3.62. The number of aromatic nitrogens is 4. The number of carbonyl (C=O) groups is 2. The molecule has 2 aromatic heterocycles. The van der Waals surface area contributed by atoms with Crippen molar-refractivity contribution in [1.29, 1.82) is 0 Å². The van der Waals surface area contributed by atoms with Crippen LogP contribution in [-0.2, 0) is 28.8 Å². The second-order valence-electron chi connectivity index (χ2n) is 8.49. The quantitative estimate of drug-likeness (QED) is 0.159. The highest BCUT2D eigenvalue weighted by Gasteiger charge is 2.45. The summed E-state index contributed by atoms with van der Waals surface area (Å²) >= 11 is 0. The van der Waals surface area contributed by atoms with E-state index in [1.54, 1.807) is 4.72 Å². The normalized spacial score (nSPS) is 21.9. The molecule has 18 heteroatoms. The van der Waals surface area contributed by atoms with Crippen molar-refractivity contribution in [3.63, 3.8) is 0 Å². The number of carbonyl (C=O) groups excluding carboxylic acids is 1. The summed E-state index contributed by atoms with van der Waals surface area (Å²) in [7, 11) is -4.66. The average molecular weight is 577 g/mol. The number of carboxylic acid groups (broad SMARTS) is 1. The second-order valence-corrected chi connectivity index (χ2v) is 9.84. The molecule has 0 radical (unpaired) electrons. The molecule has 0 aliphatic carbocycles. The number of aliphatic hydroxyl groups excluding tert-OH is 2. The monoisotopic (exact) mass is 576 g/mol. The Morgan fingerprint density at radius 2 is 1.82 bits per heavy atom. The third kappa shape index (κ3) is 8.75. The predicted molar refractivity (Wildman–Crippen MR) is 137 cm³/mol. The van der Waals surface area contributed by atoms with Crippen LogP contribution in [0.25, 0.3) is 11.2 Å². The number of hydrogen-bond donors (Lipinski definition) is 6. The van der Waals surface area contributed by atoms with E-state index >= 15 is 0 Å². The average Bonchev–Trinajstić information content (AvgIpc) is 3.44. The van der Waals surface area contributed by atoms with Gasteiger partial charge in [0.15, 0.2) is 17.7 Å². The fraction of sp³-hybridized carbons (Fsp3) is 0.667. The van der Waals surface area contributed by atoms with Crippen LogP contribution in [0, 0.1) is 0 Å². The van der Waals surface area contributed by atoms with E-state index in [2.05, 4.69) is 44.8 Å². The standard InChI is InChI=1S/C15H21N7O9S.C6H15N/c16-6(1-2-8(23)24)14(27)21-32(28,29)30-3-7-10(25)11(26)15(31-7)22-5-20-9-12(17)18-4-19-13(9)22;1-4-7(5-2)6-3/h4-7,10-11,15,25-26H,1-3,16H2,(H,21,27)(H,23,24)(H2,17,18,19);4-6H2,1-3H3/t6-,7+,10?,11-,15+;/m0./s1. The van der Waals surface area contributed by atoms with Crippen molar-refractivity contribution in [3.8, 4) is 0 Å². The molecule has 1 saturated heterocycles. The van der Waals surface area contributed by atoms with Crippen molar-refractivity contribution in [2.24, 2.45) is 5.73 Å². The zero-order valence-corrected chi connectivity index (χ0v) is 22.7. The minimum Gasteiger partial charge on any atom is -0.481 e. The van der Waals surface area contributed by atoms with Crippen LogP contribution < -0.4 is 16.2 Å². The Bertz CT molecular complexity index is 1200. The molecule has 0 bridgehead atoms. The van der Waals surface area contributed by atoms with E-state index in [0.29, 0.717) is 0 Å². The third-order valence-corrected chi connectivity index (χ3v) is 6.86. The van der Waals surface area contributed by atoms with Gasteiger partial charge in [-0.1, -0.05) is 20.8 Å². The maximum Gasteiger partial charge on any atom is 0.362 e. The van der Waals surface area contributed by atoms with Crippen LogP contribution in [0.3, 0.4) is 0 Å². The summed E-state index contributed by atoms with van der Waals surface area (Å²) in [5, 5.41) is 29.2. The first kappa shape index (κ1) is 32.2. The Balaban J connectivity index is 0.000000673. The lowest BCUT2D eigenvalue weighted by molar-refractivity contribution is -0.137. The van der Waals surface area contributed by atoms with Gasteiger partial charge < -0.3 is 36.4 Å². The first-order valence-corrected chi connectivity index (χ1v) is 13.6. The van der Waals surface area contributed by atoms with E-state index in [9.17, 15) is 28.2 Å². The molecule has 1 unspecified atom stereocenters. The van der Waals surface area contributed by atoms with Crippen molar-refractivity contribution < 1.29 is 42.2 Å². The van der Waals surface area contributed by atoms with E-state index in [0.717, 1.165) is 0 Å². The first-order chi connectivity index (χ1) is 18.3. The van der Waals surface area contributed by atoms with Crippen LogP contribution in [0.1, 0.15) is 39.8 Å². The lowest BCUT2D eigenvalue weighted by Crippen LogP contribution is -2.45. The Labute approximate surface area is 225 Å². The maximum absolute atomic E-state index is 12.0. The van der Waals surface area contributed by atoms with E-state index < -0.39 is 65.8 Å². The smallest absolute Gasteiger partial charge is 0.362 e. The SMILES string of the molecule is CCN(CC)CC.Nc1ncnc2c1ncn2[C@@H]1O[C@H](COS(=O)(=O)NC(=O)[C@@H](N)CCC(=O)O)C(O)[C@@H]1O. The Kier molecular flexibility index (Phi) is 11.9. The molecule has 220 valence electrons. The minimum atomic E-state index is -4.66. The molecule has 17 nitrogen and oxygen atoms in total. The Morgan fingerprint density at radius 1 is 1.18 bits per heavy atom. The van der Waals surface area contributed by atoms with E-state index in [1.165, 1.54) is 36.9 Å². The fourth-order valence-corrected chi connectivity index (χ4v) is 4.39. The highest BCUT2D eigenvalue weighted by molar-refractivity contribution is 7.85. The Morgan fingerprint density at radius 3 is 2.38 bits per heavy atom. The van der Waals surface area contributed by atoms with Gasteiger partial charge in [0.2, 0.25) is 0 Å². The van der Waals surface area contributed by atoms with Crippen molar-refractivity contribution in [3.05, 3.63) is 12.7 Å². The van der Waals surface area contributed by atoms with Crippen LogP contribution in [0.5, 0.6) is 0 Å². The summed E-state index contributed by atoms with van der Waals surface area (Å²) in [6.45, 7) is 9.37. The number of nitrogens with zero attached hydrogens (tertiary/aromatic N) is 5. The van der Waals surface area contributed by atoms with Gasteiger partial charge in [-0.2, -0.15) is 8.42 Å². The van der Waals surface area contributed by atoms with Crippen LogP contribution in [-0.4, -0.2) is 111 Å². The molecule has 1 aliphatic heterocycles. The largest absolute Gasteiger partial charge is 0.481 e. The minimum absolute atomic E-state index is 0.0880. The number of nitrogen functional groups attached to an aromatic ring is 1. The Hall–Kier alpha value is -3.00. The highest BCUT2D eigenvalue weighted by Crippen LogP contribution is 2.32. The lowest BCUT2D eigenvalue weighted by Gasteiger charge is -2.16. The van der Waals surface area contributed by atoms with E-state index in [-0.39, 0.29) is 23.4 Å². The number of hydrogen-bond acceptors (Lipinski definition) is 14. The van der Waals surface area contributed by atoms with Crippen LogP contribution in [0.4, 0.5) is 5.82 Å². The molecule has 0 saturated carbocycles. The van der Waals surface area contributed by atoms with Crippen molar-refractivity contribution in [2.45, 2.75) is 64.2 Å². The summed E-state index contributed by atoms with van der Waals surface area (Å²) in [4.78, 5) is 36.5. The van der Waals surface area contributed by atoms with Gasteiger partial charge in [-0.15, -0.1) is 0 Å². The number of ether oxygens (including phenoxy) is 1. The number of nitrogens with one attached hydrogen (secondary N) is 1. The summed E-state index contributed by atoms with van der Waals surface area (Å²) in [6.07, 6.45) is -3.85. The predicted octanol–water partition coefficient (Wildman–Crippen LogP) is -2.05.